The summed E-state index contributed by atoms with van der Waals surface area (Å²) in [7, 11) is 0. The van der Waals surface area contributed by atoms with Crippen LogP contribution in [0.4, 0.5) is 4.39 Å². The third kappa shape index (κ3) is 3.72. The van der Waals surface area contributed by atoms with Crippen LogP contribution in [0.5, 0.6) is 0 Å². The molecule has 3 fully saturated rings. The zero-order chi connectivity index (χ0) is 18.9. The summed E-state index contributed by atoms with van der Waals surface area (Å²) >= 11 is 0. The molecule has 0 N–H and O–H groups in total. The molecule has 1 aromatic rings. The Hall–Kier alpha value is -1.95. The summed E-state index contributed by atoms with van der Waals surface area (Å²) in [6.07, 6.45) is 4.09. The first-order chi connectivity index (χ1) is 13.1. The van der Waals surface area contributed by atoms with Crippen LogP contribution in [-0.4, -0.2) is 61.0 Å². The van der Waals surface area contributed by atoms with Crippen LogP contribution >= 0.6 is 0 Å². The van der Waals surface area contributed by atoms with Crippen molar-refractivity contribution < 1.29 is 18.7 Å². The molecule has 0 aromatic heterocycles. The average Bonchev–Trinajstić information content (AvgIpc) is 3.29. The van der Waals surface area contributed by atoms with E-state index in [1.807, 2.05) is 9.80 Å². The van der Waals surface area contributed by atoms with Crippen molar-refractivity contribution >= 4 is 11.8 Å². The van der Waals surface area contributed by atoms with Gasteiger partial charge in [-0.2, -0.15) is 0 Å². The topological polar surface area (TPSA) is 49.9 Å². The number of amides is 2. The molecule has 0 bridgehead atoms. The van der Waals surface area contributed by atoms with E-state index in [-0.39, 0.29) is 35.4 Å². The number of hydrogen-bond acceptors (Lipinski definition) is 3. The predicted molar refractivity (Wildman–Crippen MR) is 98.5 cm³/mol. The molecule has 0 radical (unpaired) electrons. The fraction of sp³-hybridized carbons (Fsp3) is 0.619. The summed E-state index contributed by atoms with van der Waals surface area (Å²) < 4.78 is 18.7. The molecule has 1 aliphatic carbocycles. The van der Waals surface area contributed by atoms with Gasteiger partial charge in [-0.3, -0.25) is 9.59 Å². The van der Waals surface area contributed by atoms with E-state index in [0.717, 1.165) is 25.7 Å². The van der Waals surface area contributed by atoms with Gasteiger partial charge in [-0.25, -0.2) is 4.39 Å². The molecule has 6 heteroatoms. The lowest BCUT2D eigenvalue weighted by atomic mass is 9.76. The van der Waals surface area contributed by atoms with E-state index in [1.54, 1.807) is 12.1 Å². The van der Waals surface area contributed by atoms with Crippen molar-refractivity contribution in [1.29, 1.82) is 0 Å². The van der Waals surface area contributed by atoms with E-state index in [2.05, 4.69) is 0 Å². The number of rotatable bonds is 3. The number of halogens is 1. The highest BCUT2D eigenvalue weighted by Crippen LogP contribution is 2.50. The molecule has 1 spiro atoms. The maximum Gasteiger partial charge on any atom is 0.227 e. The summed E-state index contributed by atoms with van der Waals surface area (Å²) in [5.41, 5.74) is 0.626. The Labute approximate surface area is 159 Å². The molecule has 0 unspecified atom stereocenters. The Balaban J connectivity index is 1.42. The highest BCUT2D eigenvalue weighted by Gasteiger charge is 2.52. The number of nitrogens with zero attached hydrogens (tertiary/aromatic N) is 2. The standard InChI is InChI=1S/C21H27FN2O3/c22-17-4-1-3-16(13-17)14-19(25)24-8-7-21(15-24)6-2-5-18(21)20(26)23-9-11-27-12-10-23/h1,3-4,13,18H,2,5-12,14-15H2/t18-,21-/m0/s1. The molecule has 3 aliphatic rings. The highest BCUT2D eigenvalue weighted by molar-refractivity contribution is 5.82. The van der Waals surface area contributed by atoms with Crippen LogP contribution in [0.15, 0.2) is 24.3 Å². The highest BCUT2D eigenvalue weighted by atomic mass is 19.1. The van der Waals surface area contributed by atoms with Gasteiger partial charge < -0.3 is 14.5 Å². The number of morpholine rings is 1. The van der Waals surface area contributed by atoms with Crippen LogP contribution in [-0.2, 0) is 20.7 Å². The third-order valence-corrected chi connectivity index (χ3v) is 6.51. The van der Waals surface area contributed by atoms with E-state index in [1.165, 1.54) is 12.1 Å². The lowest BCUT2D eigenvalue weighted by Crippen LogP contribution is -2.47. The smallest absolute Gasteiger partial charge is 0.227 e. The zero-order valence-corrected chi connectivity index (χ0v) is 15.7. The molecule has 27 heavy (non-hydrogen) atoms. The Bertz CT molecular complexity index is 719. The fourth-order valence-corrected chi connectivity index (χ4v) is 5.06. The number of ether oxygens (including phenoxy) is 1. The van der Waals surface area contributed by atoms with Crippen molar-refractivity contribution in [2.45, 2.75) is 32.1 Å². The van der Waals surface area contributed by atoms with Crippen molar-refractivity contribution in [1.82, 2.24) is 9.80 Å². The maximum absolute atomic E-state index is 13.4. The summed E-state index contributed by atoms with van der Waals surface area (Å²) in [5.74, 6) is -0.0232. The molecule has 5 nitrogen and oxygen atoms in total. The van der Waals surface area contributed by atoms with Gasteiger partial charge >= 0.3 is 0 Å². The minimum atomic E-state index is -0.315. The van der Waals surface area contributed by atoms with Gasteiger partial charge in [0.2, 0.25) is 11.8 Å². The molecule has 1 aromatic carbocycles. The average molecular weight is 374 g/mol. The Kier molecular flexibility index (Phi) is 5.17. The quantitative estimate of drug-likeness (QED) is 0.815. The zero-order valence-electron chi connectivity index (χ0n) is 15.7. The van der Waals surface area contributed by atoms with E-state index < -0.39 is 0 Å². The van der Waals surface area contributed by atoms with Crippen LogP contribution in [0.3, 0.4) is 0 Å². The van der Waals surface area contributed by atoms with Crippen molar-refractivity contribution in [3.05, 3.63) is 35.6 Å². The first-order valence-corrected chi connectivity index (χ1v) is 9.96. The van der Waals surface area contributed by atoms with Gasteiger partial charge in [-0.15, -0.1) is 0 Å². The second kappa shape index (κ2) is 7.58. The molecule has 146 valence electrons. The third-order valence-electron chi connectivity index (χ3n) is 6.51. The SMILES string of the molecule is O=C(Cc1cccc(F)c1)N1CC[C@@]2(CCC[C@H]2C(=O)N2CCOCC2)C1. The summed E-state index contributed by atoms with van der Waals surface area (Å²) in [5, 5.41) is 0. The molecule has 2 amide bonds. The molecular weight excluding hydrogens is 347 g/mol. The Morgan fingerprint density at radius 3 is 2.74 bits per heavy atom. The second-order valence-corrected chi connectivity index (χ2v) is 8.12. The van der Waals surface area contributed by atoms with Crippen LogP contribution < -0.4 is 0 Å². The van der Waals surface area contributed by atoms with Gasteiger partial charge in [0, 0.05) is 37.5 Å². The second-order valence-electron chi connectivity index (χ2n) is 8.12. The molecule has 2 saturated heterocycles. The lowest BCUT2D eigenvalue weighted by molar-refractivity contribution is -0.143. The van der Waals surface area contributed by atoms with E-state index in [9.17, 15) is 14.0 Å². The van der Waals surface area contributed by atoms with Crippen LogP contribution in [0.2, 0.25) is 0 Å². The number of benzene rings is 1. The molecule has 2 atom stereocenters. The van der Waals surface area contributed by atoms with Crippen LogP contribution in [0.25, 0.3) is 0 Å². The first-order valence-electron chi connectivity index (χ1n) is 9.96. The molecular formula is C21H27FN2O3. The normalized spacial score (nSPS) is 28.1. The molecule has 2 heterocycles. The van der Waals surface area contributed by atoms with Crippen LogP contribution in [0, 0.1) is 17.2 Å². The largest absolute Gasteiger partial charge is 0.378 e. The summed E-state index contributed by atoms with van der Waals surface area (Å²) in [4.78, 5) is 29.7. The van der Waals surface area contributed by atoms with Crippen molar-refractivity contribution in [2.24, 2.45) is 11.3 Å². The molecule has 4 rings (SSSR count). The van der Waals surface area contributed by atoms with Gasteiger partial charge in [0.15, 0.2) is 0 Å². The number of hydrogen-bond donors (Lipinski definition) is 0. The van der Waals surface area contributed by atoms with Crippen LogP contribution in [0.1, 0.15) is 31.2 Å². The summed E-state index contributed by atoms with van der Waals surface area (Å²) in [6, 6.07) is 6.23. The summed E-state index contributed by atoms with van der Waals surface area (Å²) in [6.45, 7) is 3.93. The van der Waals surface area contributed by atoms with Gasteiger partial charge in [0.1, 0.15) is 5.82 Å². The van der Waals surface area contributed by atoms with Gasteiger partial charge in [-0.1, -0.05) is 18.6 Å². The molecule has 1 saturated carbocycles. The Morgan fingerprint density at radius 2 is 1.96 bits per heavy atom. The minimum absolute atomic E-state index is 0.0163. The monoisotopic (exact) mass is 374 g/mol. The van der Waals surface area contributed by atoms with Crippen molar-refractivity contribution in [2.75, 3.05) is 39.4 Å². The maximum atomic E-state index is 13.4. The number of carbonyl (C=O) groups excluding carboxylic acids is 2. The minimum Gasteiger partial charge on any atom is -0.378 e. The fourth-order valence-electron chi connectivity index (χ4n) is 5.06. The first kappa shape index (κ1) is 18.4. The van der Waals surface area contributed by atoms with Gasteiger partial charge in [-0.05, 0) is 37.0 Å². The number of carbonyl (C=O) groups is 2. The Morgan fingerprint density at radius 1 is 1.15 bits per heavy atom. The van der Waals surface area contributed by atoms with Gasteiger partial charge in [0.05, 0.1) is 19.6 Å². The van der Waals surface area contributed by atoms with Crippen molar-refractivity contribution in [3.63, 3.8) is 0 Å². The number of likely N-dealkylation sites (tertiary alicyclic amines) is 1. The van der Waals surface area contributed by atoms with Gasteiger partial charge in [0.25, 0.3) is 0 Å². The van der Waals surface area contributed by atoms with E-state index >= 15 is 0 Å². The molecule has 2 aliphatic heterocycles. The van der Waals surface area contributed by atoms with E-state index in [4.69, 9.17) is 4.74 Å². The predicted octanol–water partition coefficient (Wildman–Crippen LogP) is 2.25. The van der Waals surface area contributed by atoms with Crippen molar-refractivity contribution in [3.8, 4) is 0 Å². The van der Waals surface area contributed by atoms with E-state index in [0.29, 0.717) is 45.0 Å². The lowest BCUT2D eigenvalue weighted by Gasteiger charge is -2.36.